The molecule has 0 bridgehead atoms. The molecule has 0 aromatic heterocycles. The molecule has 2 N–H and O–H groups in total. The second-order valence-electron chi connectivity index (χ2n) is 4.82. The van der Waals surface area contributed by atoms with Crippen molar-refractivity contribution in [2.24, 2.45) is 0 Å². The summed E-state index contributed by atoms with van der Waals surface area (Å²) < 4.78 is 1.10. The van der Waals surface area contributed by atoms with Crippen LogP contribution in [-0.4, -0.2) is 31.3 Å². The van der Waals surface area contributed by atoms with E-state index >= 15 is 0 Å². The van der Waals surface area contributed by atoms with Crippen LogP contribution in [-0.2, 0) is 6.54 Å². The summed E-state index contributed by atoms with van der Waals surface area (Å²) in [5.41, 5.74) is 2.44. The van der Waals surface area contributed by atoms with E-state index in [2.05, 4.69) is 58.2 Å². The smallest absolute Gasteiger partial charge is 0.0508 e. The van der Waals surface area contributed by atoms with Gasteiger partial charge in [-0.05, 0) is 40.0 Å². The summed E-state index contributed by atoms with van der Waals surface area (Å²) in [5.74, 6) is 0. The zero-order chi connectivity index (χ0) is 13.5. The number of aliphatic hydroxyl groups excluding tert-OH is 1. The Balaban J connectivity index is 2.66. The molecule has 1 aromatic rings. The second kappa shape index (κ2) is 7.77. The van der Waals surface area contributed by atoms with Crippen molar-refractivity contribution in [2.45, 2.75) is 32.9 Å². The predicted octanol–water partition coefficient (Wildman–Crippen LogP) is 2.77. The molecule has 0 spiro atoms. The summed E-state index contributed by atoms with van der Waals surface area (Å²) in [5, 5.41) is 12.3. The minimum absolute atomic E-state index is 0.234. The highest BCUT2D eigenvalue weighted by molar-refractivity contribution is 9.10. The second-order valence-corrected chi connectivity index (χ2v) is 5.67. The number of halogens is 1. The molecule has 0 radical (unpaired) electrons. The van der Waals surface area contributed by atoms with Gasteiger partial charge in [0.15, 0.2) is 0 Å². The Bertz CT molecular complexity index is 369. The lowest BCUT2D eigenvalue weighted by Crippen LogP contribution is -2.22. The molecule has 0 aliphatic rings. The van der Waals surface area contributed by atoms with Gasteiger partial charge in [0.25, 0.3) is 0 Å². The summed E-state index contributed by atoms with van der Waals surface area (Å²) in [4.78, 5) is 2.15. The molecule has 0 saturated carbocycles. The number of aliphatic hydroxyl groups is 1. The van der Waals surface area contributed by atoms with E-state index in [1.165, 1.54) is 5.56 Å². The number of rotatable bonds is 7. The molecule has 1 aromatic carbocycles. The first-order chi connectivity index (χ1) is 8.54. The summed E-state index contributed by atoms with van der Waals surface area (Å²) in [6.07, 6.45) is 0.791. The number of nitrogens with one attached hydrogen (secondary N) is 1. The van der Waals surface area contributed by atoms with Gasteiger partial charge in [-0.3, -0.25) is 0 Å². The Labute approximate surface area is 118 Å². The minimum atomic E-state index is 0.234. The molecular weight excluding hydrogens is 292 g/mol. The highest BCUT2D eigenvalue weighted by atomic mass is 79.9. The van der Waals surface area contributed by atoms with Gasteiger partial charge < -0.3 is 15.3 Å². The molecule has 4 heteroatoms. The molecule has 0 amide bonds. The number of hydrogen-bond acceptors (Lipinski definition) is 3. The SMILES string of the molecule is CC(C)NCc1ccc(N(C)CCCO)c(Br)c1. The summed E-state index contributed by atoms with van der Waals surface area (Å²) in [7, 11) is 2.04. The number of nitrogens with zero attached hydrogens (tertiary/aromatic N) is 1. The molecule has 0 aliphatic carbocycles. The maximum absolute atomic E-state index is 8.85. The third-order valence-electron chi connectivity index (χ3n) is 2.79. The monoisotopic (exact) mass is 314 g/mol. The van der Waals surface area contributed by atoms with Gasteiger partial charge in [-0.2, -0.15) is 0 Å². The van der Waals surface area contributed by atoms with E-state index in [4.69, 9.17) is 5.11 Å². The van der Waals surface area contributed by atoms with E-state index in [-0.39, 0.29) is 6.61 Å². The summed E-state index contributed by atoms with van der Waals surface area (Å²) >= 11 is 3.61. The number of benzene rings is 1. The highest BCUT2D eigenvalue weighted by Gasteiger charge is 2.06. The summed E-state index contributed by atoms with van der Waals surface area (Å²) in [6.45, 7) is 6.27. The maximum Gasteiger partial charge on any atom is 0.0508 e. The van der Waals surface area contributed by atoms with Gasteiger partial charge in [0.1, 0.15) is 0 Å². The minimum Gasteiger partial charge on any atom is -0.396 e. The van der Waals surface area contributed by atoms with E-state index < -0.39 is 0 Å². The zero-order valence-corrected chi connectivity index (χ0v) is 13.0. The summed E-state index contributed by atoms with van der Waals surface area (Å²) in [6, 6.07) is 6.92. The molecule has 18 heavy (non-hydrogen) atoms. The van der Waals surface area contributed by atoms with Crippen LogP contribution in [0.4, 0.5) is 5.69 Å². The zero-order valence-electron chi connectivity index (χ0n) is 11.4. The van der Waals surface area contributed by atoms with Crippen molar-refractivity contribution in [2.75, 3.05) is 25.1 Å². The van der Waals surface area contributed by atoms with Gasteiger partial charge in [0.05, 0.1) is 5.69 Å². The fourth-order valence-electron chi connectivity index (χ4n) is 1.72. The van der Waals surface area contributed by atoms with Crippen LogP contribution in [0.3, 0.4) is 0 Å². The quantitative estimate of drug-likeness (QED) is 0.812. The topological polar surface area (TPSA) is 35.5 Å². The predicted molar refractivity (Wildman–Crippen MR) is 81.1 cm³/mol. The Hall–Kier alpha value is -0.580. The Morgan fingerprint density at radius 1 is 1.39 bits per heavy atom. The third kappa shape index (κ3) is 4.96. The maximum atomic E-state index is 8.85. The molecule has 3 nitrogen and oxygen atoms in total. The largest absolute Gasteiger partial charge is 0.396 e. The molecule has 0 heterocycles. The molecule has 0 atom stereocenters. The van der Waals surface area contributed by atoms with Crippen molar-refractivity contribution in [1.29, 1.82) is 0 Å². The molecule has 0 fully saturated rings. The standard InChI is InChI=1S/C14H23BrN2O/c1-11(2)16-10-12-5-6-14(13(15)9-12)17(3)7-4-8-18/h5-6,9,11,16,18H,4,7-8,10H2,1-3H3. The highest BCUT2D eigenvalue weighted by Crippen LogP contribution is 2.26. The van der Waals surface area contributed by atoms with E-state index in [1.807, 2.05) is 7.05 Å². The Morgan fingerprint density at radius 3 is 2.67 bits per heavy atom. The first-order valence-electron chi connectivity index (χ1n) is 6.38. The van der Waals surface area contributed by atoms with E-state index in [0.717, 1.165) is 29.7 Å². The van der Waals surface area contributed by atoms with E-state index in [1.54, 1.807) is 0 Å². The average molecular weight is 315 g/mol. The fourth-order valence-corrected chi connectivity index (χ4v) is 2.45. The van der Waals surface area contributed by atoms with Gasteiger partial charge in [-0.1, -0.05) is 19.9 Å². The van der Waals surface area contributed by atoms with Crippen LogP contribution >= 0.6 is 15.9 Å². The normalized spacial score (nSPS) is 11.0. The molecule has 0 saturated heterocycles. The molecular formula is C14H23BrN2O. The van der Waals surface area contributed by atoms with E-state index in [9.17, 15) is 0 Å². The van der Waals surface area contributed by atoms with Crippen LogP contribution in [0.2, 0.25) is 0 Å². The van der Waals surface area contributed by atoms with Gasteiger partial charge >= 0.3 is 0 Å². The number of anilines is 1. The van der Waals surface area contributed by atoms with Gasteiger partial charge in [0, 0.05) is 37.3 Å². The lowest BCUT2D eigenvalue weighted by molar-refractivity contribution is 0.290. The molecule has 0 unspecified atom stereocenters. The van der Waals surface area contributed by atoms with Crippen LogP contribution in [0.5, 0.6) is 0 Å². The molecule has 0 aliphatic heterocycles. The van der Waals surface area contributed by atoms with E-state index in [0.29, 0.717) is 6.04 Å². The van der Waals surface area contributed by atoms with Crippen molar-refractivity contribution in [3.05, 3.63) is 28.2 Å². The van der Waals surface area contributed by atoms with Crippen LogP contribution in [0, 0.1) is 0 Å². The van der Waals surface area contributed by atoms with Crippen molar-refractivity contribution in [3.8, 4) is 0 Å². The lowest BCUT2D eigenvalue weighted by atomic mass is 10.2. The fraction of sp³-hybridized carbons (Fsp3) is 0.571. The first-order valence-corrected chi connectivity index (χ1v) is 7.17. The number of hydrogen-bond donors (Lipinski definition) is 2. The van der Waals surface area contributed by atoms with Crippen LogP contribution in [0.25, 0.3) is 0 Å². The van der Waals surface area contributed by atoms with Crippen LogP contribution in [0.15, 0.2) is 22.7 Å². The van der Waals surface area contributed by atoms with Crippen molar-refractivity contribution in [1.82, 2.24) is 5.32 Å². The van der Waals surface area contributed by atoms with Gasteiger partial charge in [0.2, 0.25) is 0 Å². The Morgan fingerprint density at radius 2 is 2.11 bits per heavy atom. The van der Waals surface area contributed by atoms with Crippen molar-refractivity contribution < 1.29 is 5.11 Å². The molecule has 1 rings (SSSR count). The molecule has 102 valence electrons. The third-order valence-corrected chi connectivity index (χ3v) is 3.42. The van der Waals surface area contributed by atoms with Crippen LogP contribution in [0.1, 0.15) is 25.8 Å². The Kier molecular flexibility index (Phi) is 6.68. The van der Waals surface area contributed by atoms with Crippen molar-refractivity contribution in [3.63, 3.8) is 0 Å². The van der Waals surface area contributed by atoms with Gasteiger partial charge in [-0.15, -0.1) is 0 Å². The van der Waals surface area contributed by atoms with Crippen molar-refractivity contribution >= 4 is 21.6 Å². The first kappa shape index (κ1) is 15.5. The lowest BCUT2D eigenvalue weighted by Gasteiger charge is -2.21. The average Bonchev–Trinajstić information content (AvgIpc) is 2.33. The van der Waals surface area contributed by atoms with Gasteiger partial charge in [-0.25, -0.2) is 0 Å². The van der Waals surface area contributed by atoms with Crippen LogP contribution < -0.4 is 10.2 Å².